The number of halogens is 2. The van der Waals surface area contributed by atoms with Crippen molar-refractivity contribution < 1.29 is 17.6 Å². The van der Waals surface area contributed by atoms with Crippen LogP contribution in [-0.4, -0.2) is 32.4 Å². The van der Waals surface area contributed by atoms with Crippen LogP contribution < -0.4 is 5.32 Å². The SMILES string of the molecule is O=C(NCC1CCS(=O)(=O)C1)c1cc(Br)ccc1F. The highest BCUT2D eigenvalue weighted by molar-refractivity contribution is 9.10. The summed E-state index contributed by atoms with van der Waals surface area (Å²) in [5, 5.41) is 2.58. The zero-order chi connectivity index (χ0) is 14.0. The van der Waals surface area contributed by atoms with Crippen LogP contribution in [0.4, 0.5) is 4.39 Å². The highest BCUT2D eigenvalue weighted by Gasteiger charge is 2.28. The fourth-order valence-corrected chi connectivity index (χ4v) is 4.26. The van der Waals surface area contributed by atoms with Crippen molar-refractivity contribution in [2.24, 2.45) is 5.92 Å². The number of amides is 1. The fraction of sp³-hybridized carbons (Fsp3) is 0.417. The van der Waals surface area contributed by atoms with Gasteiger partial charge in [0, 0.05) is 11.0 Å². The van der Waals surface area contributed by atoms with Crippen molar-refractivity contribution in [3.63, 3.8) is 0 Å². The Morgan fingerprint density at radius 1 is 1.47 bits per heavy atom. The van der Waals surface area contributed by atoms with Crippen LogP contribution in [0.25, 0.3) is 0 Å². The normalized spacial score (nSPS) is 21.3. The van der Waals surface area contributed by atoms with Crippen molar-refractivity contribution >= 4 is 31.7 Å². The molecule has 1 aromatic carbocycles. The molecule has 0 aromatic heterocycles. The monoisotopic (exact) mass is 349 g/mol. The van der Waals surface area contributed by atoms with Gasteiger partial charge in [-0.1, -0.05) is 15.9 Å². The van der Waals surface area contributed by atoms with E-state index in [1.807, 2.05) is 0 Å². The maximum atomic E-state index is 13.5. The van der Waals surface area contributed by atoms with Crippen molar-refractivity contribution in [1.82, 2.24) is 5.32 Å². The first-order valence-electron chi connectivity index (χ1n) is 5.81. The van der Waals surface area contributed by atoms with Gasteiger partial charge >= 0.3 is 0 Å². The molecule has 19 heavy (non-hydrogen) atoms. The average Bonchev–Trinajstić information content (AvgIpc) is 2.69. The summed E-state index contributed by atoms with van der Waals surface area (Å²) in [6, 6.07) is 4.12. The van der Waals surface area contributed by atoms with Crippen LogP contribution in [-0.2, 0) is 9.84 Å². The molecule has 1 fully saturated rings. The van der Waals surface area contributed by atoms with Crippen molar-refractivity contribution in [2.45, 2.75) is 6.42 Å². The number of benzene rings is 1. The van der Waals surface area contributed by atoms with Crippen molar-refractivity contribution in [3.8, 4) is 0 Å². The summed E-state index contributed by atoms with van der Waals surface area (Å²) in [4.78, 5) is 11.8. The standard InChI is InChI=1S/C12H13BrFNO3S/c13-9-1-2-11(14)10(5-9)12(16)15-6-8-3-4-19(17,18)7-8/h1-2,5,8H,3-4,6-7H2,(H,15,16). The smallest absolute Gasteiger partial charge is 0.254 e. The lowest BCUT2D eigenvalue weighted by molar-refractivity contribution is 0.0944. The third-order valence-electron chi connectivity index (χ3n) is 3.05. The summed E-state index contributed by atoms with van der Waals surface area (Å²) in [6.45, 7) is 0.254. The molecule has 1 unspecified atom stereocenters. The van der Waals surface area contributed by atoms with Crippen LogP contribution in [0.1, 0.15) is 16.8 Å². The Kier molecular flexibility index (Phi) is 4.25. The number of hydrogen-bond acceptors (Lipinski definition) is 3. The zero-order valence-electron chi connectivity index (χ0n) is 10.0. The van der Waals surface area contributed by atoms with E-state index in [9.17, 15) is 17.6 Å². The molecule has 4 nitrogen and oxygen atoms in total. The predicted octanol–water partition coefficient (Wildman–Crippen LogP) is 1.75. The molecule has 1 aromatic rings. The largest absolute Gasteiger partial charge is 0.352 e. The van der Waals surface area contributed by atoms with Gasteiger partial charge in [0.05, 0.1) is 17.1 Å². The number of sulfone groups is 1. The molecular formula is C12H13BrFNO3S. The summed E-state index contributed by atoms with van der Waals surface area (Å²) in [5.74, 6) is -0.945. The fourth-order valence-electron chi connectivity index (χ4n) is 2.04. The van der Waals surface area contributed by atoms with E-state index in [4.69, 9.17) is 0 Å². The molecule has 1 atom stereocenters. The molecule has 1 N–H and O–H groups in total. The second kappa shape index (κ2) is 5.58. The Bertz CT molecular complexity index is 603. The average molecular weight is 350 g/mol. The van der Waals surface area contributed by atoms with Gasteiger partial charge in [-0.2, -0.15) is 0 Å². The van der Waals surface area contributed by atoms with E-state index in [-0.39, 0.29) is 29.5 Å². The van der Waals surface area contributed by atoms with Gasteiger partial charge in [0.1, 0.15) is 5.82 Å². The van der Waals surface area contributed by atoms with Crippen molar-refractivity contribution in [2.75, 3.05) is 18.1 Å². The van der Waals surface area contributed by atoms with Crippen LogP contribution in [0.3, 0.4) is 0 Å². The van der Waals surface area contributed by atoms with Gasteiger partial charge in [0.25, 0.3) is 5.91 Å². The maximum absolute atomic E-state index is 13.5. The van der Waals surface area contributed by atoms with Crippen LogP contribution in [0.2, 0.25) is 0 Å². The second-order valence-electron chi connectivity index (χ2n) is 4.60. The summed E-state index contributed by atoms with van der Waals surface area (Å²) in [7, 11) is -2.96. The molecule has 104 valence electrons. The first-order valence-corrected chi connectivity index (χ1v) is 8.42. The summed E-state index contributed by atoms with van der Waals surface area (Å²) in [5.41, 5.74) is -0.0461. The Hall–Kier alpha value is -0.950. The third kappa shape index (κ3) is 3.76. The first-order chi connectivity index (χ1) is 8.87. The van der Waals surface area contributed by atoms with Gasteiger partial charge in [0.15, 0.2) is 9.84 Å². The van der Waals surface area contributed by atoms with Crippen molar-refractivity contribution in [3.05, 3.63) is 34.1 Å². The van der Waals surface area contributed by atoms with Crippen LogP contribution in [0, 0.1) is 11.7 Å². The second-order valence-corrected chi connectivity index (χ2v) is 7.75. The minimum Gasteiger partial charge on any atom is -0.352 e. The Labute approximate surface area is 119 Å². The molecule has 0 radical (unpaired) electrons. The highest BCUT2D eigenvalue weighted by atomic mass is 79.9. The number of carbonyl (C=O) groups is 1. The third-order valence-corrected chi connectivity index (χ3v) is 5.38. The van der Waals surface area contributed by atoms with Crippen LogP contribution in [0.5, 0.6) is 0 Å². The topological polar surface area (TPSA) is 63.2 Å². The van der Waals surface area contributed by atoms with E-state index in [1.54, 1.807) is 0 Å². The Morgan fingerprint density at radius 2 is 2.21 bits per heavy atom. The van der Waals surface area contributed by atoms with E-state index in [0.717, 1.165) is 0 Å². The number of rotatable bonds is 3. The minimum atomic E-state index is -2.96. The molecule has 0 spiro atoms. The lowest BCUT2D eigenvalue weighted by Crippen LogP contribution is -2.30. The molecule has 0 aliphatic carbocycles. The van der Waals surface area contributed by atoms with Gasteiger partial charge in [-0.25, -0.2) is 12.8 Å². The van der Waals surface area contributed by atoms with E-state index >= 15 is 0 Å². The number of nitrogens with one attached hydrogen (secondary N) is 1. The van der Waals surface area contributed by atoms with E-state index in [2.05, 4.69) is 21.2 Å². The lowest BCUT2D eigenvalue weighted by atomic mass is 10.1. The zero-order valence-corrected chi connectivity index (χ0v) is 12.4. The lowest BCUT2D eigenvalue weighted by Gasteiger charge is -2.10. The Balaban J connectivity index is 1.97. The van der Waals surface area contributed by atoms with E-state index < -0.39 is 21.6 Å². The molecular weight excluding hydrogens is 337 g/mol. The highest BCUT2D eigenvalue weighted by Crippen LogP contribution is 2.18. The molecule has 0 saturated carbocycles. The van der Waals surface area contributed by atoms with Gasteiger partial charge in [0.2, 0.25) is 0 Å². The van der Waals surface area contributed by atoms with Gasteiger partial charge < -0.3 is 5.32 Å². The number of hydrogen-bond donors (Lipinski definition) is 1. The van der Waals surface area contributed by atoms with E-state index in [0.29, 0.717) is 10.9 Å². The summed E-state index contributed by atoms with van der Waals surface area (Å²) >= 11 is 3.17. The molecule has 1 aliphatic rings. The van der Waals surface area contributed by atoms with Gasteiger partial charge in [-0.05, 0) is 30.5 Å². The minimum absolute atomic E-state index is 0.0461. The van der Waals surface area contributed by atoms with Crippen molar-refractivity contribution in [1.29, 1.82) is 0 Å². The molecule has 0 bridgehead atoms. The van der Waals surface area contributed by atoms with Gasteiger partial charge in [-0.3, -0.25) is 4.79 Å². The Morgan fingerprint density at radius 3 is 2.84 bits per heavy atom. The summed E-state index contributed by atoms with van der Waals surface area (Å²) in [6.07, 6.45) is 0.545. The molecule has 2 rings (SSSR count). The molecule has 1 saturated heterocycles. The van der Waals surface area contributed by atoms with Gasteiger partial charge in [-0.15, -0.1) is 0 Å². The molecule has 1 aliphatic heterocycles. The van der Waals surface area contributed by atoms with E-state index in [1.165, 1.54) is 18.2 Å². The first kappa shape index (κ1) is 14.5. The molecule has 1 heterocycles. The summed E-state index contributed by atoms with van der Waals surface area (Å²) < 4.78 is 36.6. The van der Waals surface area contributed by atoms with Crippen LogP contribution in [0.15, 0.2) is 22.7 Å². The maximum Gasteiger partial charge on any atom is 0.254 e. The molecule has 1 amide bonds. The quantitative estimate of drug-likeness (QED) is 0.904. The number of carbonyl (C=O) groups excluding carboxylic acids is 1. The predicted molar refractivity (Wildman–Crippen MR) is 73.2 cm³/mol. The van der Waals surface area contributed by atoms with Crippen LogP contribution >= 0.6 is 15.9 Å². The molecule has 7 heteroatoms.